The van der Waals surface area contributed by atoms with Crippen molar-refractivity contribution in [3.8, 4) is 5.75 Å². The van der Waals surface area contributed by atoms with Gasteiger partial charge in [0.2, 0.25) is 0 Å². The molecule has 1 fully saturated rings. The molecule has 0 saturated heterocycles. The molecule has 0 aliphatic heterocycles. The van der Waals surface area contributed by atoms with Crippen molar-refractivity contribution in [2.45, 2.75) is 31.8 Å². The van der Waals surface area contributed by atoms with Crippen molar-refractivity contribution >= 4 is 15.9 Å². The molecule has 16 heavy (non-hydrogen) atoms. The van der Waals surface area contributed by atoms with Gasteiger partial charge in [0.25, 0.3) is 0 Å². The van der Waals surface area contributed by atoms with Gasteiger partial charge >= 0.3 is 0 Å². The summed E-state index contributed by atoms with van der Waals surface area (Å²) in [5.74, 6) is 1.68. The van der Waals surface area contributed by atoms with Crippen LogP contribution in [0.3, 0.4) is 0 Å². The fourth-order valence-corrected chi connectivity index (χ4v) is 2.46. The number of benzene rings is 1. The van der Waals surface area contributed by atoms with Crippen LogP contribution < -0.4 is 10.5 Å². The van der Waals surface area contributed by atoms with Crippen molar-refractivity contribution in [3.05, 3.63) is 28.7 Å². The molecule has 3 heteroatoms. The average Bonchev–Trinajstić information content (AvgIpc) is 2.33. The predicted molar refractivity (Wildman–Crippen MR) is 69.6 cm³/mol. The van der Waals surface area contributed by atoms with Crippen LogP contribution in [0.5, 0.6) is 5.75 Å². The van der Waals surface area contributed by atoms with Crippen molar-refractivity contribution in [2.24, 2.45) is 11.7 Å². The van der Waals surface area contributed by atoms with Crippen LogP contribution in [0, 0.1) is 5.92 Å². The molecule has 0 amide bonds. The molecule has 1 saturated carbocycles. The first kappa shape index (κ1) is 11.9. The third-order valence-corrected chi connectivity index (χ3v) is 3.77. The number of rotatable bonds is 3. The van der Waals surface area contributed by atoms with E-state index in [4.69, 9.17) is 10.5 Å². The van der Waals surface area contributed by atoms with E-state index < -0.39 is 0 Å². The molecule has 0 unspecified atom stereocenters. The summed E-state index contributed by atoms with van der Waals surface area (Å²) in [7, 11) is 0. The molecule has 1 aromatic rings. The summed E-state index contributed by atoms with van der Waals surface area (Å²) in [6, 6.07) is 8.06. The molecule has 1 aliphatic rings. The SMILES string of the molecule is NCC1CCC(Oc2ccc(Br)cc2)CC1. The fraction of sp³-hybridized carbons (Fsp3) is 0.538. The van der Waals surface area contributed by atoms with Gasteiger partial charge in [-0.15, -0.1) is 0 Å². The Bertz CT molecular complexity index is 317. The van der Waals surface area contributed by atoms with E-state index in [2.05, 4.69) is 15.9 Å². The predicted octanol–water partition coefficient (Wildman–Crippen LogP) is 3.35. The third kappa shape index (κ3) is 3.22. The Morgan fingerprint density at radius 1 is 1.12 bits per heavy atom. The normalized spacial score (nSPS) is 25.4. The van der Waals surface area contributed by atoms with Gasteiger partial charge in [0.1, 0.15) is 5.75 Å². The Balaban J connectivity index is 1.84. The minimum atomic E-state index is 0.379. The zero-order valence-electron chi connectivity index (χ0n) is 9.36. The first-order valence-corrected chi connectivity index (χ1v) is 6.69. The van der Waals surface area contributed by atoms with E-state index in [0.717, 1.165) is 29.6 Å². The summed E-state index contributed by atoms with van der Waals surface area (Å²) in [4.78, 5) is 0. The van der Waals surface area contributed by atoms with Crippen LogP contribution in [-0.4, -0.2) is 12.6 Å². The van der Waals surface area contributed by atoms with Crippen LogP contribution in [0.4, 0.5) is 0 Å². The Morgan fingerprint density at radius 3 is 2.31 bits per heavy atom. The van der Waals surface area contributed by atoms with Gasteiger partial charge in [0.05, 0.1) is 6.10 Å². The second-order valence-electron chi connectivity index (χ2n) is 4.45. The first-order chi connectivity index (χ1) is 7.78. The van der Waals surface area contributed by atoms with Gasteiger partial charge in [0.15, 0.2) is 0 Å². The van der Waals surface area contributed by atoms with E-state index in [0.29, 0.717) is 12.0 Å². The minimum Gasteiger partial charge on any atom is -0.490 e. The van der Waals surface area contributed by atoms with Crippen molar-refractivity contribution in [1.82, 2.24) is 0 Å². The van der Waals surface area contributed by atoms with Crippen LogP contribution in [0.2, 0.25) is 0 Å². The van der Waals surface area contributed by atoms with E-state index in [1.165, 1.54) is 12.8 Å². The highest BCUT2D eigenvalue weighted by Crippen LogP contribution is 2.27. The number of ether oxygens (including phenoxy) is 1. The number of halogens is 1. The molecule has 0 atom stereocenters. The van der Waals surface area contributed by atoms with Crippen molar-refractivity contribution in [1.29, 1.82) is 0 Å². The smallest absolute Gasteiger partial charge is 0.119 e. The molecule has 1 aliphatic carbocycles. The lowest BCUT2D eigenvalue weighted by molar-refractivity contribution is 0.133. The van der Waals surface area contributed by atoms with Crippen molar-refractivity contribution in [3.63, 3.8) is 0 Å². The number of nitrogens with two attached hydrogens (primary N) is 1. The largest absolute Gasteiger partial charge is 0.490 e. The van der Waals surface area contributed by atoms with Gasteiger partial charge in [-0.3, -0.25) is 0 Å². The molecular formula is C13H18BrNO. The van der Waals surface area contributed by atoms with Crippen LogP contribution in [0.15, 0.2) is 28.7 Å². The summed E-state index contributed by atoms with van der Waals surface area (Å²) < 4.78 is 7.03. The standard InChI is InChI=1S/C13H18BrNO/c14-11-3-7-13(8-4-11)16-12-5-1-10(9-15)2-6-12/h3-4,7-8,10,12H,1-2,5-6,9,15H2. The quantitative estimate of drug-likeness (QED) is 0.923. The minimum absolute atomic E-state index is 0.379. The Morgan fingerprint density at radius 2 is 1.75 bits per heavy atom. The van der Waals surface area contributed by atoms with Gasteiger partial charge in [-0.25, -0.2) is 0 Å². The summed E-state index contributed by atoms with van der Waals surface area (Å²) in [5.41, 5.74) is 5.67. The van der Waals surface area contributed by atoms with Gasteiger partial charge in [-0.2, -0.15) is 0 Å². The molecular weight excluding hydrogens is 266 g/mol. The second-order valence-corrected chi connectivity index (χ2v) is 5.37. The zero-order valence-corrected chi connectivity index (χ0v) is 10.9. The molecule has 1 aromatic carbocycles. The zero-order chi connectivity index (χ0) is 11.4. The van der Waals surface area contributed by atoms with E-state index >= 15 is 0 Å². The summed E-state index contributed by atoms with van der Waals surface area (Å²) in [6.07, 6.45) is 5.06. The molecule has 2 nitrogen and oxygen atoms in total. The van der Waals surface area contributed by atoms with Crippen LogP contribution in [-0.2, 0) is 0 Å². The highest BCUT2D eigenvalue weighted by atomic mass is 79.9. The Kier molecular flexibility index (Phi) is 4.24. The van der Waals surface area contributed by atoms with Crippen LogP contribution in [0.25, 0.3) is 0 Å². The average molecular weight is 284 g/mol. The molecule has 2 rings (SSSR count). The highest BCUT2D eigenvalue weighted by molar-refractivity contribution is 9.10. The molecule has 0 spiro atoms. The van der Waals surface area contributed by atoms with Crippen molar-refractivity contribution in [2.75, 3.05) is 6.54 Å². The van der Waals surface area contributed by atoms with E-state index in [-0.39, 0.29) is 0 Å². The summed E-state index contributed by atoms with van der Waals surface area (Å²) >= 11 is 3.42. The van der Waals surface area contributed by atoms with Crippen LogP contribution >= 0.6 is 15.9 Å². The highest BCUT2D eigenvalue weighted by Gasteiger charge is 2.21. The maximum atomic E-state index is 5.94. The molecule has 2 N–H and O–H groups in total. The number of hydrogen-bond donors (Lipinski definition) is 1. The molecule has 0 radical (unpaired) electrons. The maximum Gasteiger partial charge on any atom is 0.119 e. The van der Waals surface area contributed by atoms with E-state index in [9.17, 15) is 0 Å². The monoisotopic (exact) mass is 283 g/mol. The lowest BCUT2D eigenvalue weighted by Crippen LogP contribution is -2.27. The van der Waals surface area contributed by atoms with Gasteiger partial charge in [0, 0.05) is 4.47 Å². The second kappa shape index (κ2) is 5.69. The fourth-order valence-electron chi connectivity index (χ4n) is 2.19. The van der Waals surface area contributed by atoms with E-state index in [1.54, 1.807) is 0 Å². The molecule has 0 aromatic heterocycles. The van der Waals surface area contributed by atoms with Crippen LogP contribution in [0.1, 0.15) is 25.7 Å². The summed E-state index contributed by atoms with van der Waals surface area (Å²) in [6.45, 7) is 0.824. The Hall–Kier alpha value is -0.540. The lowest BCUT2D eigenvalue weighted by atomic mass is 9.87. The third-order valence-electron chi connectivity index (χ3n) is 3.24. The van der Waals surface area contributed by atoms with Gasteiger partial charge < -0.3 is 10.5 Å². The first-order valence-electron chi connectivity index (χ1n) is 5.90. The van der Waals surface area contributed by atoms with Gasteiger partial charge in [-0.1, -0.05) is 15.9 Å². The summed E-state index contributed by atoms with van der Waals surface area (Å²) in [5, 5.41) is 0. The molecule has 0 heterocycles. The number of hydrogen-bond acceptors (Lipinski definition) is 2. The van der Waals surface area contributed by atoms with E-state index in [1.807, 2.05) is 24.3 Å². The maximum absolute atomic E-state index is 5.94. The van der Waals surface area contributed by atoms with Gasteiger partial charge in [-0.05, 0) is 62.4 Å². The molecule has 88 valence electrons. The topological polar surface area (TPSA) is 35.2 Å². The Labute approximate surface area is 105 Å². The molecule has 0 bridgehead atoms. The van der Waals surface area contributed by atoms with Crippen molar-refractivity contribution < 1.29 is 4.74 Å². The lowest BCUT2D eigenvalue weighted by Gasteiger charge is -2.28.